The standard InChI is InChI=1S/C18H30.C8H10N2O4S2/c1-9-11-13-15(12-10-2)16(18(6,7)8)14-17(3,4)5;1-9(16(2,13)14)15-8-5-3-7(4-6-8)10(11)12/h9-13,16H,1-2,14H2,3-8H3;3-6H,1-2H3/b13-11-,15-12+;. The Hall–Kier alpha value is -2.16. The van der Waals surface area contributed by atoms with Crippen LogP contribution in [0, 0.1) is 26.9 Å². The summed E-state index contributed by atoms with van der Waals surface area (Å²) in [5.41, 5.74) is 1.88. The Morgan fingerprint density at radius 1 is 1.12 bits per heavy atom. The minimum Gasteiger partial charge on any atom is -0.258 e. The highest BCUT2D eigenvalue weighted by molar-refractivity contribution is 8.08. The lowest BCUT2D eigenvalue weighted by Crippen LogP contribution is -2.26. The zero-order valence-corrected chi connectivity index (χ0v) is 23.4. The van der Waals surface area contributed by atoms with E-state index in [1.807, 2.05) is 18.2 Å². The van der Waals surface area contributed by atoms with Crippen molar-refractivity contribution in [2.75, 3.05) is 13.3 Å². The van der Waals surface area contributed by atoms with Gasteiger partial charge in [0.25, 0.3) is 5.69 Å². The molecule has 6 nitrogen and oxygen atoms in total. The number of hydrogen-bond acceptors (Lipinski definition) is 5. The molecule has 1 rings (SSSR count). The molecule has 1 aromatic rings. The molecule has 1 unspecified atom stereocenters. The Morgan fingerprint density at radius 2 is 1.65 bits per heavy atom. The minimum absolute atomic E-state index is 0.0219. The van der Waals surface area contributed by atoms with Crippen LogP contribution in [-0.2, 0) is 10.0 Å². The highest BCUT2D eigenvalue weighted by atomic mass is 32.3. The van der Waals surface area contributed by atoms with Gasteiger partial charge >= 0.3 is 0 Å². The highest BCUT2D eigenvalue weighted by Gasteiger charge is 2.30. The highest BCUT2D eigenvalue weighted by Crippen LogP contribution is 2.41. The molecule has 8 heteroatoms. The van der Waals surface area contributed by atoms with Crippen LogP contribution in [0.2, 0.25) is 0 Å². The quantitative estimate of drug-likeness (QED) is 0.150. The maximum Gasteiger partial charge on any atom is 0.269 e. The first-order chi connectivity index (χ1) is 15.4. The van der Waals surface area contributed by atoms with E-state index >= 15 is 0 Å². The van der Waals surface area contributed by atoms with Crippen LogP contribution >= 0.6 is 11.9 Å². The molecule has 0 saturated heterocycles. The van der Waals surface area contributed by atoms with Gasteiger partial charge in [-0.2, -0.15) is 0 Å². The molecule has 34 heavy (non-hydrogen) atoms. The number of non-ortho nitro benzene ring substituents is 1. The number of nitro benzene ring substituents is 1. The zero-order chi connectivity index (χ0) is 26.7. The molecule has 0 amide bonds. The molecular formula is C26H40N2O4S2. The number of hydrogen-bond donors (Lipinski definition) is 0. The Morgan fingerprint density at radius 3 is 2.00 bits per heavy atom. The van der Waals surface area contributed by atoms with E-state index in [9.17, 15) is 18.5 Å². The van der Waals surface area contributed by atoms with Crippen molar-refractivity contribution in [1.29, 1.82) is 0 Å². The normalized spacial score (nSPS) is 13.9. The molecule has 0 radical (unpaired) electrons. The van der Waals surface area contributed by atoms with E-state index in [1.165, 1.54) is 36.9 Å². The Balaban J connectivity index is 0.000000644. The Kier molecular flexibility index (Phi) is 12.8. The fourth-order valence-corrected chi connectivity index (χ4v) is 4.34. The summed E-state index contributed by atoms with van der Waals surface area (Å²) in [6.45, 7) is 21.4. The zero-order valence-electron chi connectivity index (χ0n) is 21.7. The summed E-state index contributed by atoms with van der Waals surface area (Å²) < 4.78 is 23.3. The average Bonchev–Trinajstić information content (AvgIpc) is 2.68. The monoisotopic (exact) mass is 508 g/mol. The van der Waals surface area contributed by atoms with Crippen molar-refractivity contribution in [1.82, 2.24) is 3.71 Å². The van der Waals surface area contributed by atoms with Gasteiger partial charge in [0.15, 0.2) is 0 Å². The van der Waals surface area contributed by atoms with Crippen LogP contribution in [0.15, 0.2) is 78.3 Å². The first-order valence-corrected chi connectivity index (χ1v) is 13.5. The molecule has 0 aliphatic heterocycles. The Labute approximate surface area is 210 Å². The molecule has 0 heterocycles. The van der Waals surface area contributed by atoms with Crippen LogP contribution in [0.4, 0.5) is 5.69 Å². The summed E-state index contributed by atoms with van der Waals surface area (Å²) in [6.07, 6.45) is 12.3. The van der Waals surface area contributed by atoms with Crippen molar-refractivity contribution in [3.63, 3.8) is 0 Å². The number of benzene rings is 1. The maximum absolute atomic E-state index is 11.1. The van der Waals surface area contributed by atoms with Crippen molar-refractivity contribution in [2.24, 2.45) is 16.7 Å². The number of nitro groups is 1. The molecule has 0 aliphatic carbocycles. The largest absolute Gasteiger partial charge is 0.269 e. The lowest BCUT2D eigenvalue weighted by Gasteiger charge is -2.36. The van der Waals surface area contributed by atoms with Gasteiger partial charge in [0.05, 0.1) is 11.2 Å². The molecule has 0 N–H and O–H groups in total. The van der Waals surface area contributed by atoms with E-state index in [0.29, 0.717) is 16.2 Å². The predicted octanol–water partition coefficient (Wildman–Crippen LogP) is 7.43. The lowest BCUT2D eigenvalue weighted by atomic mass is 9.68. The van der Waals surface area contributed by atoms with Crippen LogP contribution in [0.1, 0.15) is 48.0 Å². The molecule has 0 spiro atoms. The third kappa shape index (κ3) is 12.9. The van der Waals surface area contributed by atoms with E-state index in [2.05, 4.69) is 66.9 Å². The second-order valence-electron chi connectivity index (χ2n) is 10.2. The average molecular weight is 509 g/mol. The summed E-state index contributed by atoms with van der Waals surface area (Å²) in [6, 6.07) is 5.67. The fraction of sp³-hybridized carbons (Fsp3) is 0.462. The molecular weight excluding hydrogens is 468 g/mol. The molecule has 0 aromatic heterocycles. The summed E-state index contributed by atoms with van der Waals surface area (Å²) >= 11 is 0.994. The van der Waals surface area contributed by atoms with Gasteiger partial charge < -0.3 is 0 Å². The molecule has 0 bridgehead atoms. The first kappa shape index (κ1) is 31.8. The van der Waals surface area contributed by atoms with Gasteiger partial charge in [0.1, 0.15) is 0 Å². The Bertz CT molecular complexity index is 981. The molecule has 1 aromatic carbocycles. The SMILES string of the molecule is C=C/C=C\C(=C/C=C)C(CC(C)(C)C)C(C)(C)C.CN(Sc1ccc([N+](=O)[O-])cc1)S(C)(=O)=O. The van der Waals surface area contributed by atoms with Crippen LogP contribution in [0.5, 0.6) is 0 Å². The third-order valence-electron chi connectivity index (χ3n) is 4.75. The van der Waals surface area contributed by atoms with Crippen LogP contribution in [-0.4, -0.2) is 30.4 Å². The number of rotatable bonds is 9. The molecule has 0 fully saturated rings. The van der Waals surface area contributed by atoms with Gasteiger partial charge in [-0.1, -0.05) is 85.1 Å². The van der Waals surface area contributed by atoms with Crippen molar-refractivity contribution in [3.05, 3.63) is 83.5 Å². The topological polar surface area (TPSA) is 80.5 Å². The summed E-state index contributed by atoms with van der Waals surface area (Å²) in [4.78, 5) is 10.5. The van der Waals surface area contributed by atoms with Crippen molar-refractivity contribution >= 4 is 27.7 Å². The molecule has 0 saturated carbocycles. The van der Waals surface area contributed by atoms with E-state index < -0.39 is 14.9 Å². The van der Waals surface area contributed by atoms with E-state index in [-0.39, 0.29) is 11.1 Å². The van der Waals surface area contributed by atoms with Crippen molar-refractivity contribution in [2.45, 2.75) is 52.9 Å². The second kappa shape index (κ2) is 13.7. The summed E-state index contributed by atoms with van der Waals surface area (Å²) in [5.74, 6) is 0.520. The van der Waals surface area contributed by atoms with Gasteiger partial charge in [0.2, 0.25) is 10.0 Å². The van der Waals surface area contributed by atoms with Crippen molar-refractivity contribution < 1.29 is 13.3 Å². The predicted molar refractivity (Wildman–Crippen MR) is 146 cm³/mol. The first-order valence-electron chi connectivity index (χ1n) is 10.9. The van der Waals surface area contributed by atoms with Crippen molar-refractivity contribution in [3.8, 4) is 0 Å². The number of nitrogens with zero attached hydrogens (tertiary/aromatic N) is 2. The van der Waals surface area contributed by atoms with Crippen LogP contribution in [0.25, 0.3) is 0 Å². The molecule has 1 atom stereocenters. The van der Waals surface area contributed by atoms with Crippen LogP contribution < -0.4 is 0 Å². The smallest absolute Gasteiger partial charge is 0.258 e. The van der Waals surface area contributed by atoms with Gasteiger partial charge in [-0.25, -0.2) is 8.42 Å². The van der Waals surface area contributed by atoms with Gasteiger partial charge in [0, 0.05) is 24.1 Å². The van der Waals surface area contributed by atoms with E-state index in [1.54, 1.807) is 0 Å². The third-order valence-corrected chi connectivity index (χ3v) is 7.46. The van der Waals surface area contributed by atoms with Gasteiger partial charge in [-0.15, -0.1) is 3.71 Å². The summed E-state index contributed by atoms with van der Waals surface area (Å²) in [5, 5.41) is 10.4. The number of sulfonamides is 1. The number of allylic oxidation sites excluding steroid dienone is 6. The van der Waals surface area contributed by atoms with E-state index in [4.69, 9.17) is 0 Å². The van der Waals surface area contributed by atoms with E-state index in [0.717, 1.165) is 28.3 Å². The van der Waals surface area contributed by atoms with Crippen LogP contribution in [0.3, 0.4) is 0 Å². The fourth-order valence-electron chi connectivity index (χ4n) is 2.98. The maximum atomic E-state index is 11.1. The molecule has 0 aliphatic rings. The summed E-state index contributed by atoms with van der Waals surface area (Å²) in [7, 11) is -1.85. The molecule has 190 valence electrons. The second-order valence-corrected chi connectivity index (χ2v) is 13.6. The van der Waals surface area contributed by atoms with Gasteiger partial charge in [-0.3, -0.25) is 10.1 Å². The van der Waals surface area contributed by atoms with Gasteiger partial charge in [-0.05, 0) is 52.8 Å². The lowest BCUT2D eigenvalue weighted by molar-refractivity contribution is -0.384. The minimum atomic E-state index is -3.27.